The monoisotopic (exact) mass is 487 g/mol. The fraction of sp³-hybridized carbons (Fsp3) is 0.167. The zero-order valence-corrected chi connectivity index (χ0v) is 18.3. The van der Waals surface area contributed by atoms with Crippen LogP contribution in [0.25, 0.3) is 33.3 Å². The van der Waals surface area contributed by atoms with Crippen molar-refractivity contribution in [2.24, 2.45) is 0 Å². The molecule has 3 heterocycles. The van der Waals surface area contributed by atoms with Crippen LogP contribution in [0, 0.1) is 0 Å². The number of methoxy groups -OCH3 is 1. The summed E-state index contributed by atoms with van der Waals surface area (Å²) in [5.41, 5.74) is 5.87. The zero-order valence-electron chi connectivity index (χ0n) is 18.3. The average Bonchev–Trinajstić information content (AvgIpc) is 3.26. The number of rotatable bonds is 6. The molecule has 0 aliphatic rings. The second-order valence-corrected chi connectivity index (χ2v) is 7.31. The van der Waals surface area contributed by atoms with Gasteiger partial charge in [-0.1, -0.05) is 24.3 Å². The highest BCUT2D eigenvalue weighted by molar-refractivity contribution is 5.95. The number of aromatic amines is 1. The number of hydrogen-bond acceptors (Lipinski definition) is 5. The van der Waals surface area contributed by atoms with E-state index in [9.17, 15) is 18.0 Å². The van der Waals surface area contributed by atoms with Gasteiger partial charge < -0.3 is 19.9 Å². The number of benzene rings is 1. The van der Waals surface area contributed by atoms with E-state index in [0.29, 0.717) is 12.3 Å². The fourth-order valence-corrected chi connectivity index (χ4v) is 3.17. The van der Waals surface area contributed by atoms with Gasteiger partial charge in [-0.25, -0.2) is 14.8 Å². The van der Waals surface area contributed by atoms with Crippen molar-refractivity contribution in [2.75, 3.05) is 7.11 Å². The molecule has 0 aliphatic heterocycles. The summed E-state index contributed by atoms with van der Waals surface area (Å²) in [6.45, 7) is 0. The molecular formula is C24H20F3N3O5. The SMILES string of the molecule is COc1ccc(-c2cnc3[nH]cc(-c4ccc(CCC(=O)O)cc4)c3c2)cn1.O=C(O)C(F)(F)F. The number of aromatic nitrogens is 3. The lowest BCUT2D eigenvalue weighted by atomic mass is 10.0. The first kappa shape index (κ1) is 25.2. The van der Waals surface area contributed by atoms with Gasteiger partial charge in [-0.2, -0.15) is 13.2 Å². The number of H-pyrrole nitrogens is 1. The molecule has 35 heavy (non-hydrogen) atoms. The highest BCUT2D eigenvalue weighted by atomic mass is 19.4. The number of alkyl halides is 3. The molecule has 4 rings (SSSR count). The van der Waals surface area contributed by atoms with Crippen LogP contribution in [0.3, 0.4) is 0 Å². The Kier molecular flexibility index (Phi) is 7.69. The lowest BCUT2D eigenvalue weighted by Gasteiger charge is -2.05. The standard InChI is InChI=1S/C22H19N3O3.C2HF3O2/c1-28-20-8-7-16(11-23-20)17-10-18-19(13-25-22(18)24-12-17)15-5-2-14(3-6-15)4-9-21(26)27;3-2(4,5)1(6)7/h2-3,5-8,10-13H,4,9H2,1H3,(H,24,25)(H,26,27);(H,6,7). The van der Waals surface area contributed by atoms with Gasteiger partial charge in [0.15, 0.2) is 0 Å². The molecule has 0 saturated carbocycles. The fourth-order valence-electron chi connectivity index (χ4n) is 3.17. The Hall–Kier alpha value is -4.41. The summed E-state index contributed by atoms with van der Waals surface area (Å²) in [5.74, 6) is -2.97. The molecule has 182 valence electrons. The summed E-state index contributed by atoms with van der Waals surface area (Å²) in [7, 11) is 1.59. The first-order valence-electron chi connectivity index (χ1n) is 10.2. The third-order valence-electron chi connectivity index (χ3n) is 4.94. The van der Waals surface area contributed by atoms with Crippen LogP contribution < -0.4 is 4.74 Å². The van der Waals surface area contributed by atoms with E-state index < -0.39 is 18.1 Å². The second kappa shape index (κ2) is 10.7. The van der Waals surface area contributed by atoms with Gasteiger partial charge in [-0.15, -0.1) is 0 Å². The number of aliphatic carboxylic acids is 2. The second-order valence-electron chi connectivity index (χ2n) is 7.31. The molecule has 8 nitrogen and oxygen atoms in total. The van der Waals surface area contributed by atoms with E-state index in [1.54, 1.807) is 13.3 Å². The Morgan fingerprint density at radius 2 is 1.60 bits per heavy atom. The number of carboxylic acids is 2. The lowest BCUT2D eigenvalue weighted by molar-refractivity contribution is -0.192. The van der Waals surface area contributed by atoms with E-state index in [4.69, 9.17) is 19.7 Å². The van der Waals surface area contributed by atoms with E-state index in [1.807, 2.05) is 48.8 Å². The van der Waals surface area contributed by atoms with Crippen molar-refractivity contribution in [2.45, 2.75) is 19.0 Å². The van der Waals surface area contributed by atoms with Crippen molar-refractivity contribution in [1.29, 1.82) is 0 Å². The summed E-state index contributed by atoms with van der Waals surface area (Å²) in [6.07, 6.45) is 1.11. The summed E-state index contributed by atoms with van der Waals surface area (Å²) in [5, 5.41) is 17.0. The number of pyridine rings is 2. The van der Waals surface area contributed by atoms with Crippen molar-refractivity contribution < 1.29 is 37.7 Å². The topological polar surface area (TPSA) is 125 Å². The van der Waals surface area contributed by atoms with Crippen LogP contribution in [0.4, 0.5) is 13.2 Å². The Morgan fingerprint density at radius 1 is 0.971 bits per heavy atom. The smallest absolute Gasteiger partial charge is 0.481 e. The largest absolute Gasteiger partial charge is 0.490 e. The van der Waals surface area contributed by atoms with Crippen LogP contribution >= 0.6 is 0 Å². The summed E-state index contributed by atoms with van der Waals surface area (Å²) >= 11 is 0. The maximum absolute atomic E-state index is 10.7. The zero-order chi connectivity index (χ0) is 25.6. The summed E-state index contributed by atoms with van der Waals surface area (Å²) in [4.78, 5) is 31.6. The van der Waals surface area contributed by atoms with Crippen LogP contribution in [-0.2, 0) is 16.0 Å². The predicted octanol–water partition coefficient (Wildman–Crippen LogP) is 4.95. The number of aryl methyl sites for hydroxylation is 1. The minimum atomic E-state index is -5.08. The highest BCUT2D eigenvalue weighted by Gasteiger charge is 2.38. The van der Waals surface area contributed by atoms with Crippen molar-refractivity contribution in [3.63, 3.8) is 0 Å². The number of carbonyl (C=O) groups is 2. The number of fused-ring (bicyclic) bond motifs is 1. The van der Waals surface area contributed by atoms with Gasteiger partial charge in [0.2, 0.25) is 5.88 Å². The Balaban J connectivity index is 0.000000429. The molecule has 0 unspecified atom stereocenters. The molecule has 11 heteroatoms. The molecule has 0 aliphatic carbocycles. The van der Waals surface area contributed by atoms with Crippen molar-refractivity contribution >= 4 is 23.0 Å². The average molecular weight is 487 g/mol. The molecule has 0 spiro atoms. The summed E-state index contributed by atoms with van der Waals surface area (Å²) in [6, 6.07) is 13.9. The molecule has 0 saturated heterocycles. The Labute approximate surface area is 197 Å². The van der Waals surface area contributed by atoms with Crippen molar-refractivity contribution in [3.8, 4) is 28.1 Å². The number of nitrogens with zero attached hydrogens (tertiary/aromatic N) is 2. The molecule has 0 bridgehead atoms. The predicted molar refractivity (Wildman–Crippen MR) is 121 cm³/mol. The molecule has 1 aromatic carbocycles. The van der Waals surface area contributed by atoms with E-state index in [2.05, 4.69) is 21.0 Å². The Bertz CT molecular complexity index is 1320. The van der Waals surface area contributed by atoms with E-state index in [-0.39, 0.29) is 6.42 Å². The van der Waals surface area contributed by atoms with Gasteiger partial charge in [0.05, 0.1) is 7.11 Å². The number of ether oxygens (including phenoxy) is 1. The highest BCUT2D eigenvalue weighted by Crippen LogP contribution is 2.31. The van der Waals surface area contributed by atoms with Crippen LogP contribution in [-0.4, -0.2) is 50.4 Å². The van der Waals surface area contributed by atoms with Gasteiger partial charge in [-0.3, -0.25) is 4.79 Å². The molecule has 3 aromatic heterocycles. The number of carboxylic acid groups (broad SMARTS) is 2. The molecule has 0 radical (unpaired) electrons. The van der Waals surface area contributed by atoms with E-state index >= 15 is 0 Å². The third-order valence-corrected chi connectivity index (χ3v) is 4.94. The number of nitrogens with one attached hydrogen (secondary N) is 1. The number of halogens is 3. The van der Waals surface area contributed by atoms with Crippen LogP contribution in [0.5, 0.6) is 5.88 Å². The third kappa shape index (κ3) is 6.56. The Morgan fingerprint density at radius 3 is 2.14 bits per heavy atom. The van der Waals surface area contributed by atoms with Crippen LogP contribution in [0.15, 0.2) is 61.1 Å². The molecular weight excluding hydrogens is 467 g/mol. The summed E-state index contributed by atoms with van der Waals surface area (Å²) < 4.78 is 36.9. The minimum absolute atomic E-state index is 0.135. The molecule has 3 N–H and O–H groups in total. The molecule has 0 fully saturated rings. The van der Waals surface area contributed by atoms with Gasteiger partial charge in [0.1, 0.15) is 5.65 Å². The molecule has 0 amide bonds. The molecule has 0 atom stereocenters. The van der Waals surface area contributed by atoms with E-state index in [1.165, 1.54) is 0 Å². The van der Waals surface area contributed by atoms with Crippen LogP contribution in [0.1, 0.15) is 12.0 Å². The lowest BCUT2D eigenvalue weighted by Crippen LogP contribution is -2.21. The van der Waals surface area contributed by atoms with Crippen molar-refractivity contribution in [1.82, 2.24) is 15.0 Å². The maximum atomic E-state index is 10.7. The van der Waals surface area contributed by atoms with Gasteiger partial charge >= 0.3 is 18.1 Å². The first-order valence-corrected chi connectivity index (χ1v) is 10.2. The van der Waals surface area contributed by atoms with Crippen LogP contribution in [0.2, 0.25) is 0 Å². The van der Waals surface area contributed by atoms with Gasteiger partial charge in [0, 0.05) is 53.2 Å². The number of hydrogen-bond donors (Lipinski definition) is 3. The van der Waals surface area contributed by atoms with Gasteiger partial charge in [-0.05, 0) is 29.7 Å². The first-order chi connectivity index (χ1) is 16.6. The van der Waals surface area contributed by atoms with Crippen molar-refractivity contribution in [3.05, 3.63) is 66.6 Å². The maximum Gasteiger partial charge on any atom is 0.490 e. The van der Waals surface area contributed by atoms with Gasteiger partial charge in [0.25, 0.3) is 0 Å². The quantitative estimate of drug-likeness (QED) is 0.351. The molecule has 4 aromatic rings. The normalized spacial score (nSPS) is 11.0. The minimum Gasteiger partial charge on any atom is -0.481 e. The van der Waals surface area contributed by atoms with E-state index in [0.717, 1.165) is 38.9 Å².